The Morgan fingerprint density at radius 3 is 2.62 bits per heavy atom. The van der Waals surface area contributed by atoms with Gasteiger partial charge in [-0.2, -0.15) is 5.10 Å². The van der Waals surface area contributed by atoms with E-state index in [9.17, 15) is 9.59 Å². The highest BCUT2D eigenvalue weighted by Crippen LogP contribution is 2.48. The summed E-state index contributed by atoms with van der Waals surface area (Å²) in [6.07, 6.45) is 2.55. The number of hydrogen-bond acceptors (Lipinski definition) is 6. The second-order valence-electron chi connectivity index (χ2n) is 11.2. The molecule has 2 fully saturated rings. The van der Waals surface area contributed by atoms with E-state index in [1.54, 1.807) is 6.20 Å². The number of nitrogens with one attached hydrogen (secondary N) is 2. The molecule has 202 valence electrons. The first-order valence-corrected chi connectivity index (χ1v) is 13.7. The van der Waals surface area contributed by atoms with Gasteiger partial charge < -0.3 is 20.3 Å². The predicted octanol–water partition coefficient (Wildman–Crippen LogP) is 4.17. The quantitative estimate of drug-likeness (QED) is 0.559. The van der Waals surface area contributed by atoms with Gasteiger partial charge in [-0.05, 0) is 41.2 Å². The number of ether oxygens (including phenoxy) is 1. The third kappa shape index (κ3) is 5.96. The molecule has 1 saturated carbocycles. The predicted molar refractivity (Wildman–Crippen MR) is 148 cm³/mol. The number of amides is 1. The van der Waals surface area contributed by atoms with Gasteiger partial charge in [0, 0.05) is 31.4 Å². The molecule has 2 aromatic rings. The van der Waals surface area contributed by atoms with Crippen molar-refractivity contribution in [2.45, 2.75) is 60.2 Å². The van der Waals surface area contributed by atoms with Crippen molar-refractivity contribution in [3.63, 3.8) is 0 Å². The Bertz CT molecular complexity index is 1160. The van der Waals surface area contributed by atoms with E-state index in [2.05, 4.69) is 61.3 Å². The summed E-state index contributed by atoms with van der Waals surface area (Å²) in [6, 6.07) is 8.20. The molecular weight excluding hydrogens is 490 g/mol. The number of halogens is 1. The Morgan fingerprint density at radius 1 is 1.19 bits per heavy atom. The summed E-state index contributed by atoms with van der Waals surface area (Å²) in [7, 11) is 0. The van der Waals surface area contributed by atoms with E-state index in [0.717, 1.165) is 35.4 Å². The summed E-state index contributed by atoms with van der Waals surface area (Å²) in [4.78, 5) is 27.9. The average molecular weight is 530 g/mol. The van der Waals surface area contributed by atoms with Crippen LogP contribution in [0.3, 0.4) is 0 Å². The molecule has 0 radical (unpaired) electrons. The summed E-state index contributed by atoms with van der Waals surface area (Å²) >= 11 is 6.47. The fourth-order valence-electron chi connectivity index (χ4n) is 5.60. The van der Waals surface area contributed by atoms with Crippen LogP contribution in [0.5, 0.6) is 0 Å². The van der Waals surface area contributed by atoms with Gasteiger partial charge in [0.25, 0.3) is 5.56 Å². The van der Waals surface area contributed by atoms with Crippen molar-refractivity contribution >= 4 is 28.9 Å². The lowest BCUT2D eigenvalue weighted by Gasteiger charge is -2.50. The lowest BCUT2D eigenvalue weighted by atomic mass is 9.58. The molecule has 0 unspecified atom stereocenters. The van der Waals surface area contributed by atoms with Gasteiger partial charge in [-0.25, -0.2) is 4.68 Å². The normalized spacial score (nSPS) is 25.5. The first-order valence-electron chi connectivity index (χ1n) is 13.3. The summed E-state index contributed by atoms with van der Waals surface area (Å²) < 4.78 is 6.57. The highest BCUT2D eigenvalue weighted by atomic mass is 35.5. The second-order valence-corrected chi connectivity index (χ2v) is 11.6. The van der Waals surface area contributed by atoms with Crippen LogP contribution in [-0.2, 0) is 22.6 Å². The zero-order chi connectivity index (χ0) is 26.7. The van der Waals surface area contributed by atoms with Crippen molar-refractivity contribution in [1.82, 2.24) is 15.1 Å². The largest absolute Gasteiger partial charge is 0.379 e. The molecule has 2 aliphatic rings. The number of carbonyl (C=O) groups is 1. The SMILES string of the molecule is C[C@@H]1[C@@H](C)C(C)(C)[C@@H](C)C[C@H]1Nc1cnn(CC(=O)NCc2ccccc2N2CCOCC2)c(=O)c1Cl. The smallest absolute Gasteiger partial charge is 0.288 e. The van der Waals surface area contributed by atoms with Crippen molar-refractivity contribution in [1.29, 1.82) is 0 Å². The molecule has 4 rings (SSSR count). The van der Waals surface area contributed by atoms with E-state index >= 15 is 0 Å². The molecule has 1 amide bonds. The highest BCUT2D eigenvalue weighted by Gasteiger charge is 2.43. The summed E-state index contributed by atoms with van der Waals surface area (Å²) in [5.41, 5.74) is 2.41. The van der Waals surface area contributed by atoms with E-state index in [1.165, 1.54) is 0 Å². The fraction of sp³-hybridized carbons (Fsp3) is 0.607. The summed E-state index contributed by atoms with van der Waals surface area (Å²) in [5.74, 6) is 1.16. The summed E-state index contributed by atoms with van der Waals surface area (Å²) in [6.45, 7) is 14.7. The first-order chi connectivity index (χ1) is 17.6. The maximum Gasteiger partial charge on any atom is 0.288 e. The standard InChI is InChI=1S/C28H40ClN5O3/c1-18-14-22(19(2)20(3)28(18,4)5)32-23-16-31-34(27(36)26(23)29)17-25(35)30-15-21-8-6-7-9-24(21)33-10-12-37-13-11-33/h6-9,16,18-20,22,32H,10-15,17H2,1-5H3,(H,30,35)/t18-,19+,20+,22+/m0/s1. The molecule has 37 heavy (non-hydrogen) atoms. The number of carbonyl (C=O) groups excluding carboxylic acids is 1. The van der Waals surface area contributed by atoms with E-state index in [-0.39, 0.29) is 28.9 Å². The Morgan fingerprint density at radius 2 is 1.89 bits per heavy atom. The number of aromatic nitrogens is 2. The van der Waals surface area contributed by atoms with Gasteiger partial charge in [-0.15, -0.1) is 0 Å². The van der Waals surface area contributed by atoms with Gasteiger partial charge in [-0.3, -0.25) is 9.59 Å². The second kappa shape index (κ2) is 11.4. The van der Waals surface area contributed by atoms with Crippen molar-refractivity contribution in [2.75, 3.05) is 36.5 Å². The topological polar surface area (TPSA) is 88.5 Å². The van der Waals surface area contributed by atoms with Gasteiger partial charge >= 0.3 is 0 Å². The maximum atomic E-state index is 12.9. The Balaban J connectivity index is 1.39. The minimum absolute atomic E-state index is 0.0674. The van der Waals surface area contributed by atoms with E-state index in [0.29, 0.717) is 43.2 Å². The number of anilines is 2. The van der Waals surface area contributed by atoms with Crippen molar-refractivity contribution in [2.24, 2.45) is 23.2 Å². The van der Waals surface area contributed by atoms with Crippen LogP contribution in [0.4, 0.5) is 11.4 Å². The molecule has 1 saturated heterocycles. The molecule has 4 atom stereocenters. The lowest BCUT2D eigenvalue weighted by molar-refractivity contribution is -0.122. The van der Waals surface area contributed by atoms with Crippen LogP contribution in [-0.4, -0.2) is 48.0 Å². The monoisotopic (exact) mass is 529 g/mol. The van der Waals surface area contributed by atoms with Gasteiger partial charge in [0.05, 0.1) is 25.1 Å². The third-order valence-corrected chi connectivity index (χ3v) is 9.28. The maximum absolute atomic E-state index is 12.9. The van der Waals surface area contributed by atoms with Crippen molar-refractivity contribution in [3.8, 4) is 0 Å². The van der Waals surface area contributed by atoms with Gasteiger partial charge in [0.2, 0.25) is 5.91 Å². The molecule has 9 heteroatoms. The van der Waals surface area contributed by atoms with Crippen LogP contribution in [0.15, 0.2) is 35.3 Å². The van der Waals surface area contributed by atoms with Crippen LogP contribution in [0.1, 0.15) is 46.6 Å². The van der Waals surface area contributed by atoms with E-state index in [1.807, 2.05) is 18.2 Å². The minimum atomic E-state index is -0.472. The molecule has 1 aromatic heterocycles. The van der Waals surface area contributed by atoms with Crippen LogP contribution in [0, 0.1) is 23.2 Å². The number of nitrogens with zero attached hydrogens (tertiary/aromatic N) is 3. The summed E-state index contributed by atoms with van der Waals surface area (Å²) in [5, 5.41) is 10.7. The molecular formula is C28H40ClN5O3. The number of morpholine rings is 1. The number of hydrogen-bond donors (Lipinski definition) is 2. The Kier molecular flexibility index (Phi) is 8.49. The number of para-hydroxylation sites is 1. The Hall–Kier alpha value is -2.58. The average Bonchev–Trinajstić information content (AvgIpc) is 2.90. The van der Waals surface area contributed by atoms with E-state index < -0.39 is 5.56 Å². The lowest BCUT2D eigenvalue weighted by Crippen LogP contribution is -2.48. The van der Waals surface area contributed by atoms with Crippen LogP contribution in [0.25, 0.3) is 0 Å². The molecule has 1 aliphatic heterocycles. The van der Waals surface area contributed by atoms with E-state index in [4.69, 9.17) is 16.3 Å². The number of rotatable bonds is 7. The van der Waals surface area contributed by atoms with Crippen LogP contribution >= 0.6 is 11.6 Å². The van der Waals surface area contributed by atoms with Gasteiger partial charge in [0.15, 0.2) is 0 Å². The van der Waals surface area contributed by atoms with Gasteiger partial charge in [-0.1, -0.05) is 64.4 Å². The third-order valence-electron chi connectivity index (χ3n) is 8.91. The Labute approximate surface area is 224 Å². The van der Waals surface area contributed by atoms with Crippen molar-refractivity contribution < 1.29 is 9.53 Å². The zero-order valence-corrected chi connectivity index (χ0v) is 23.3. The molecule has 2 N–H and O–H groups in total. The molecule has 0 spiro atoms. The highest BCUT2D eigenvalue weighted by molar-refractivity contribution is 6.32. The molecule has 2 heterocycles. The molecule has 0 bridgehead atoms. The fourth-order valence-corrected chi connectivity index (χ4v) is 5.80. The van der Waals surface area contributed by atoms with Crippen LogP contribution < -0.4 is 21.1 Å². The molecule has 8 nitrogen and oxygen atoms in total. The minimum Gasteiger partial charge on any atom is -0.379 e. The van der Waals surface area contributed by atoms with Crippen molar-refractivity contribution in [3.05, 3.63) is 51.4 Å². The molecule has 1 aromatic carbocycles. The van der Waals surface area contributed by atoms with Gasteiger partial charge in [0.1, 0.15) is 11.6 Å². The molecule has 1 aliphatic carbocycles. The first kappa shape index (κ1) is 27.5. The zero-order valence-electron chi connectivity index (χ0n) is 22.6. The number of benzene rings is 1. The van der Waals surface area contributed by atoms with Crippen LogP contribution in [0.2, 0.25) is 5.02 Å².